The van der Waals surface area contributed by atoms with Gasteiger partial charge in [0.25, 0.3) is 0 Å². The molecule has 2 rings (SSSR count). The van der Waals surface area contributed by atoms with E-state index >= 15 is 0 Å². The monoisotopic (exact) mass is 338 g/mol. The summed E-state index contributed by atoms with van der Waals surface area (Å²) in [5.41, 5.74) is 5.92. The minimum absolute atomic E-state index is 0.0329. The number of nitrogen functional groups attached to an aromatic ring is 1. The summed E-state index contributed by atoms with van der Waals surface area (Å²) in [5, 5.41) is 9.24. The van der Waals surface area contributed by atoms with Crippen molar-refractivity contribution in [1.82, 2.24) is 4.31 Å². The van der Waals surface area contributed by atoms with Gasteiger partial charge in [-0.1, -0.05) is 0 Å². The lowest BCUT2D eigenvalue weighted by molar-refractivity contribution is -0.222. The maximum atomic E-state index is 12.5. The largest absolute Gasteiger partial charge is 0.414 e. The van der Waals surface area contributed by atoms with Gasteiger partial charge in [0.1, 0.15) is 0 Å². The maximum absolute atomic E-state index is 12.5. The van der Waals surface area contributed by atoms with Crippen molar-refractivity contribution in [1.29, 1.82) is 0 Å². The molecular weight excluding hydrogens is 321 g/mol. The average Bonchev–Trinajstić information content (AvgIpc) is 2.46. The second-order valence-corrected chi connectivity index (χ2v) is 7.23. The average molecular weight is 338 g/mol. The van der Waals surface area contributed by atoms with E-state index in [4.69, 9.17) is 5.73 Å². The van der Waals surface area contributed by atoms with E-state index in [-0.39, 0.29) is 30.8 Å². The van der Waals surface area contributed by atoms with Crippen LogP contribution in [0.4, 0.5) is 18.9 Å². The summed E-state index contributed by atoms with van der Waals surface area (Å²) < 4.78 is 63.3. The van der Waals surface area contributed by atoms with E-state index in [0.29, 0.717) is 5.69 Å². The molecule has 0 bridgehead atoms. The standard InChI is InChI=1S/C13H17F3N2O3S/c14-13(15,16)12(19)9-5-7-18(8-6-9)22(20,21)11-3-1-10(17)2-4-11/h1-4,9,12,19H,5-8,17H2/t12-/m0/s1. The van der Waals surface area contributed by atoms with Crippen molar-refractivity contribution >= 4 is 15.7 Å². The van der Waals surface area contributed by atoms with Crippen molar-refractivity contribution in [2.75, 3.05) is 18.8 Å². The van der Waals surface area contributed by atoms with Gasteiger partial charge in [-0.25, -0.2) is 8.42 Å². The van der Waals surface area contributed by atoms with Crippen molar-refractivity contribution in [3.05, 3.63) is 24.3 Å². The number of rotatable bonds is 3. The van der Waals surface area contributed by atoms with E-state index in [0.717, 1.165) is 4.31 Å². The van der Waals surface area contributed by atoms with Gasteiger partial charge in [0.2, 0.25) is 10.0 Å². The molecule has 0 radical (unpaired) electrons. The number of nitrogens with two attached hydrogens (primary N) is 1. The highest BCUT2D eigenvalue weighted by molar-refractivity contribution is 7.89. The molecule has 0 aliphatic carbocycles. The zero-order valence-electron chi connectivity index (χ0n) is 11.6. The second kappa shape index (κ2) is 6.05. The summed E-state index contributed by atoms with van der Waals surface area (Å²) in [6.45, 7) is -0.102. The van der Waals surface area contributed by atoms with Crippen LogP contribution in [0.2, 0.25) is 0 Å². The topological polar surface area (TPSA) is 83.6 Å². The van der Waals surface area contributed by atoms with Crippen LogP contribution in [0, 0.1) is 5.92 Å². The molecule has 1 heterocycles. The van der Waals surface area contributed by atoms with E-state index in [2.05, 4.69) is 0 Å². The highest BCUT2D eigenvalue weighted by Crippen LogP contribution is 2.33. The fourth-order valence-corrected chi connectivity index (χ4v) is 3.96. The van der Waals surface area contributed by atoms with Gasteiger partial charge >= 0.3 is 6.18 Å². The molecule has 5 nitrogen and oxygen atoms in total. The quantitative estimate of drug-likeness (QED) is 0.820. The summed E-state index contributed by atoms with van der Waals surface area (Å²) in [6.07, 6.45) is -7.15. The molecule has 1 fully saturated rings. The van der Waals surface area contributed by atoms with Crippen molar-refractivity contribution in [2.45, 2.75) is 30.0 Å². The summed E-state index contributed by atoms with van der Waals surface area (Å²) in [5.74, 6) is -0.974. The van der Waals surface area contributed by atoms with Crippen LogP contribution < -0.4 is 5.73 Å². The maximum Gasteiger partial charge on any atom is 0.414 e. The summed E-state index contributed by atoms with van der Waals surface area (Å²) in [6, 6.07) is 5.63. The minimum Gasteiger partial charge on any atom is -0.399 e. The van der Waals surface area contributed by atoms with Crippen LogP contribution >= 0.6 is 0 Å². The van der Waals surface area contributed by atoms with E-state index < -0.39 is 28.2 Å². The first kappa shape index (κ1) is 17.0. The molecule has 9 heteroatoms. The number of anilines is 1. The number of aliphatic hydroxyl groups is 1. The molecule has 0 saturated carbocycles. The third kappa shape index (κ3) is 3.53. The Morgan fingerprint density at radius 3 is 2.14 bits per heavy atom. The number of alkyl halides is 3. The Balaban J connectivity index is 2.06. The van der Waals surface area contributed by atoms with E-state index in [9.17, 15) is 26.7 Å². The third-order valence-corrected chi connectivity index (χ3v) is 5.71. The number of aliphatic hydroxyl groups excluding tert-OH is 1. The van der Waals surface area contributed by atoms with Gasteiger partial charge in [0.05, 0.1) is 4.90 Å². The molecule has 22 heavy (non-hydrogen) atoms. The second-order valence-electron chi connectivity index (χ2n) is 5.30. The third-order valence-electron chi connectivity index (χ3n) is 3.80. The Morgan fingerprint density at radius 1 is 1.18 bits per heavy atom. The van der Waals surface area contributed by atoms with Crippen molar-refractivity contribution in [3.8, 4) is 0 Å². The molecule has 124 valence electrons. The molecule has 3 N–H and O–H groups in total. The Kier molecular flexibility index (Phi) is 4.69. The lowest BCUT2D eigenvalue weighted by Crippen LogP contribution is -2.45. The van der Waals surface area contributed by atoms with Gasteiger partial charge < -0.3 is 10.8 Å². The summed E-state index contributed by atoms with van der Waals surface area (Å²) >= 11 is 0. The lowest BCUT2D eigenvalue weighted by Gasteiger charge is -2.34. The summed E-state index contributed by atoms with van der Waals surface area (Å²) in [7, 11) is -3.75. The van der Waals surface area contributed by atoms with Crippen molar-refractivity contribution < 1.29 is 26.7 Å². The molecule has 0 unspecified atom stereocenters. The van der Waals surface area contributed by atoms with Crippen LogP contribution in [-0.2, 0) is 10.0 Å². The molecule has 1 aliphatic heterocycles. The summed E-state index contributed by atoms with van der Waals surface area (Å²) in [4.78, 5) is 0.0523. The normalized spacial score (nSPS) is 20.0. The molecule has 0 amide bonds. The van der Waals surface area contributed by atoms with Gasteiger partial charge in [0.15, 0.2) is 6.10 Å². The Bertz CT molecular complexity index is 608. The number of sulfonamides is 1. The zero-order chi connectivity index (χ0) is 16.5. The molecule has 1 aromatic carbocycles. The van der Waals surface area contributed by atoms with Crippen LogP contribution in [0.1, 0.15) is 12.8 Å². The number of benzene rings is 1. The molecule has 1 aliphatic rings. The van der Waals surface area contributed by atoms with E-state index in [1.807, 2.05) is 0 Å². The van der Waals surface area contributed by atoms with E-state index in [1.54, 1.807) is 0 Å². The number of piperidine rings is 1. The van der Waals surface area contributed by atoms with Crippen LogP contribution in [0.5, 0.6) is 0 Å². The highest BCUT2D eigenvalue weighted by Gasteiger charge is 2.45. The first-order valence-corrected chi connectivity index (χ1v) is 8.17. The van der Waals surface area contributed by atoms with Crippen LogP contribution in [-0.4, -0.2) is 43.2 Å². The van der Waals surface area contributed by atoms with Gasteiger partial charge in [-0.2, -0.15) is 17.5 Å². The highest BCUT2D eigenvalue weighted by atomic mass is 32.2. The Morgan fingerprint density at radius 2 is 1.68 bits per heavy atom. The van der Waals surface area contributed by atoms with Crippen LogP contribution in [0.3, 0.4) is 0 Å². The van der Waals surface area contributed by atoms with Crippen LogP contribution in [0.15, 0.2) is 29.2 Å². The molecule has 0 aromatic heterocycles. The fraction of sp³-hybridized carbons (Fsp3) is 0.538. The van der Waals surface area contributed by atoms with Gasteiger partial charge in [0, 0.05) is 18.8 Å². The predicted octanol–water partition coefficient (Wildman–Crippen LogP) is 1.59. The minimum atomic E-state index is -4.68. The SMILES string of the molecule is Nc1ccc(S(=O)(=O)N2CCC([C@H](O)C(F)(F)F)CC2)cc1. The van der Waals surface area contributed by atoms with Gasteiger partial charge in [-0.15, -0.1) is 0 Å². The number of hydrogen-bond acceptors (Lipinski definition) is 4. The fourth-order valence-electron chi connectivity index (χ4n) is 2.49. The lowest BCUT2D eigenvalue weighted by atomic mass is 9.92. The van der Waals surface area contributed by atoms with Crippen molar-refractivity contribution in [3.63, 3.8) is 0 Å². The molecule has 1 aromatic rings. The van der Waals surface area contributed by atoms with Crippen molar-refractivity contribution in [2.24, 2.45) is 5.92 Å². The first-order chi connectivity index (χ1) is 10.1. The Hall–Kier alpha value is -1.32. The van der Waals surface area contributed by atoms with E-state index in [1.165, 1.54) is 24.3 Å². The van der Waals surface area contributed by atoms with Crippen LogP contribution in [0.25, 0.3) is 0 Å². The zero-order valence-corrected chi connectivity index (χ0v) is 12.4. The number of nitrogens with zero attached hydrogens (tertiary/aromatic N) is 1. The van der Waals surface area contributed by atoms with Gasteiger partial charge in [-0.05, 0) is 43.0 Å². The molecule has 0 spiro atoms. The first-order valence-electron chi connectivity index (χ1n) is 6.73. The number of halogens is 3. The molecular formula is C13H17F3N2O3S. The number of hydrogen-bond donors (Lipinski definition) is 2. The smallest absolute Gasteiger partial charge is 0.399 e. The van der Waals surface area contributed by atoms with Gasteiger partial charge in [-0.3, -0.25) is 0 Å². The molecule has 1 atom stereocenters. The Labute approximate surface area is 126 Å². The predicted molar refractivity (Wildman–Crippen MR) is 74.4 cm³/mol. The molecule has 1 saturated heterocycles.